The first-order valence-corrected chi connectivity index (χ1v) is 7.32. The van der Waals surface area contributed by atoms with Crippen molar-refractivity contribution in [3.8, 4) is 0 Å². The van der Waals surface area contributed by atoms with Gasteiger partial charge in [-0.25, -0.2) is 9.78 Å². The normalized spacial score (nSPS) is 16.6. The van der Waals surface area contributed by atoms with Crippen LogP contribution in [-0.2, 0) is 4.74 Å². The largest absolute Gasteiger partial charge is 0.444 e. The Kier molecular flexibility index (Phi) is 3.99. The molecule has 0 aromatic carbocycles. The van der Waals surface area contributed by atoms with E-state index in [1.54, 1.807) is 16.2 Å². The van der Waals surface area contributed by atoms with Gasteiger partial charge in [-0.1, -0.05) is 0 Å². The number of aromatic nitrogens is 1. The first-order chi connectivity index (χ1) is 8.85. The van der Waals surface area contributed by atoms with Gasteiger partial charge in [0.2, 0.25) is 0 Å². The highest BCUT2D eigenvalue weighted by Crippen LogP contribution is 2.24. The zero-order chi connectivity index (χ0) is 14.0. The molecule has 1 aliphatic heterocycles. The van der Waals surface area contributed by atoms with Gasteiger partial charge in [0.1, 0.15) is 10.6 Å². The fourth-order valence-corrected chi connectivity index (χ4v) is 2.76. The van der Waals surface area contributed by atoms with Crippen molar-refractivity contribution in [2.75, 3.05) is 31.1 Å². The van der Waals surface area contributed by atoms with Crippen molar-refractivity contribution in [2.24, 2.45) is 0 Å². The molecule has 0 radical (unpaired) electrons. The van der Waals surface area contributed by atoms with Crippen molar-refractivity contribution >= 4 is 22.4 Å². The number of piperazine rings is 1. The van der Waals surface area contributed by atoms with E-state index in [1.807, 2.05) is 33.9 Å². The molecule has 0 saturated carbocycles. The predicted molar refractivity (Wildman–Crippen MR) is 76.9 cm³/mol. The van der Waals surface area contributed by atoms with Crippen molar-refractivity contribution < 1.29 is 9.53 Å². The van der Waals surface area contributed by atoms with Crippen molar-refractivity contribution in [1.82, 2.24) is 9.88 Å². The van der Waals surface area contributed by atoms with E-state index >= 15 is 0 Å². The lowest BCUT2D eigenvalue weighted by Gasteiger charge is -2.35. The average Bonchev–Trinajstić information content (AvgIpc) is 2.74. The Morgan fingerprint density at radius 3 is 2.42 bits per heavy atom. The Bertz CT molecular complexity index is 445. The molecule has 0 aliphatic carbocycles. The van der Waals surface area contributed by atoms with E-state index in [4.69, 9.17) is 4.74 Å². The quantitative estimate of drug-likeness (QED) is 0.794. The molecule has 0 spiro atoms. The number of hydrogen-bond acceptors (Lipinski definition) is 5. The second-order valence-corrected chi connectivity index (χ2v) is 6.89. The summed E-state index contributed by atoms with van der Waals surface area (Å²) in [5, 5.41) is 2.26. The molecule has 0 unspecified atom stereocenters. The van der Waals surface area contributed by atoms with Crippen LogP contribution in [-0.4, -0.2) is 47.8 Å². The number of anilines is 1. The van der Waals surface area contributed by atoms with Crippen LogP contribution < -0.4 is 4.90 Å². The maximum atomic E-state index is 11.9. The van der Waals surface area contributed by atoms with Gasteiger partial charge in [0.15, 0.2) is 0 Å². The van der Waals surface area contributed by atoms with Crippen LogP contribution >= 0.6 is 11.3 Å². The number of ether oxygens (including phenoxy) is 1. The summed E-state index contributed by atoms with van der Waals surface area (Å²) in [5.74, 6) is 0. The summed E-state index contributed by atoms with van der Waals surface area (Å²) in [4.78, 5) is 20.2. The number of hydrogen-bond donors (Lipinski definition) is 0. The Morgan fingerprint density at radius 2 is 1.95 bits per heavy atom. The second-order valence-electron chi connectivity index (χ2n) is 5.67. The summed E-state index contributed by atoms with van der Waals surface area (Å²) < 4.78 is 5.38. The topological polar surface area (TPSA) is 45.7 Å². The second kappa shape index (κ2) is 5.36. The number of aryl methyl sites for hydroxylation is 1. The molecular weight excluding hydrogens is 262 g/mol. The van der Waals surface area contributed by atoms with Gasteiger partial charge in [-0.2, -0.15) is 0 Å². The van der Waals surface area contributed by atoms with Crippen LogP contribution in [0, 0.1) is 6.92 Å². The molecule has 0 bridgehead atoms. The Hall–Kier alpha value is -1.30. The average molecular weight is 283 g/mol. The zero-order valence-electron chi connectivity index (χ0n) is 12.0. The summed E-state index contributed by atoms with van der Waals surface area (Å²) in [7, 11) is 0. The fourth-order valence-electron chi connectivity index (χ4n) is 1.93. The molecule has 106 valence electrons. The van der Waals surface area contributed by atoms with Crippen molar-refractivity contribution in [3.63, 3.8) is 0 Å². The van der Waals surface area contributed by atoms with Crippen molar-refractivity contribution in [2.45, 2.75) is 33.3 Å². The third kappa shape index (κ3) is 3.83. The van der Waals surface area contributed by atoms with Crippen molar-refractivity contribution in [3.05, 3.63) is 11.2 Å². The fraction of sp³-hybridized carbons (Fsp3) is 0.692. The monoisotopic (exact) mass is 283 g/mol. The Balaban J connectivity index is 1.87. The number of nitrogens with zero attached hydrogens (tertiary/aromatic N) is 3. The molecule has 0 atom stereocenters. The maximum Gasteiger partial charge on any atom is 0.410 e. The van der Waals surface area contributed by atoms with Crippen LogP contribution in [0.2, 0.25) is 0 Å². The van der Waals surface area contributed by atoms with Gasteiger partial charge >= 0.3 is 6.09 Å². The molecular formula is C13H21N3O2S. The van der Waals surface area contributed by atoms with Gasteiger partial charge < -0.3 is 14.5 Å². The van der Waals surface area contributed by atoms with Crippen LogP contribution in [0.15, 0.2) is 6.20 Å². The van der Waals surface area contributed by atoms with Crippen LogP contribution in [0.3, 0.4) is 0 Å². The van der Waals surface area contributed by atoms with Gasteiger partial charge in [0.05, 0.1) is 11.2 Å². The van der Waals surface area contributed by atoms with Gasteiger partial charge in [-0.3, -0.25) is 0 Å². The smallest absolute Gasteiger partial charge is 0.410 e. The molecule has 1 aromatic rings. The number of amides is 1. The number of carbonyl (C=O) groups excluding carboxylic acids is 1. The van der Waals surface area contributed by atoms with E-state index in [1.165, 1.54) is 5.00 Å². The SMILES string of the molecule is Cc1ncc(N2CCN(C(=O)OC(C)(C)C)CC2)s1. The van der Waals surface area contributed by atoms with Crippen molar-refractivity contribution in [1.29, 1.82) is 0 Å². The van der Waals surface area contributed by atoms with E-state index < -0.39 is 5.60 Å². The summed E-state index contributed by atoms with van der Waals surface area (Å²) in [6, 6.07) is 0. The minimum atomic E-state index is -0.428. The summed E-state index contributed by atoms with van der Waals surface area (Å²) in [5.41, 5.74) is -0.428. The Morgan fingerprint density at radius 1 is 1.32 bits per heavy atom. The summed E-state index contributed by atoms with van der Waals surface area (Å²) in [6.45, 7) is 10.7. The number of thiazole rings is 1. The molecule has 6 heteroatoms. The predicted octanol–water partition coefficient (Wildman–Crippen LogP) is 2.51. The lowest BCUT2D eigenvalue weighted by atomic mass is 10.2. The van der Waals surface area contributed by atoms with Gasteiger partial charge in [0, 0.05) is 26.2 Å². The Labute approximate surface area is 118 Å². The molecule has 1 saturated heterocycles. The first-order valence-electron chi connectivity index (χ1n) is 6.50. The third-order valence-corrected chi connectivity index (χ3v) is 3.83. The molecule has 2 heterocycles. The van der Waals surface area contributed by atoms with Crippen LogP contribution in [0.1, 0.15) is 25.8 Å². The molecule has 1 aliphatic rings. The standard InChI is InChI=1S/C13H21N3O2S/c1-10-14-9-11(19-10)15-5-7-16(8-6-15)12(17)18-13(2,3)4/h9H,5-8H2,1-4H3. The van der Waals surface area contributed by atoms with Crippen LogP contribution in [0.4, 0.5) is 9.80 Å². The molecule has 0 N–H and O–H groups in total. The molecule has 1 aromatic heterocycles. The minimum absolute atomic E-state index is 0.215. The summed E-state index contributed by atoms with van der Waals surface area (Å²) >= 11 is 1.69. The first kappa shape index (κ1) is 14.1. The van der Waals surface area contributed by atoms with Gasteiger partial charge in [-0.15, -0.1) is 11.3 Å². The van der Waals surface area contributed by atoms with E-state index in [0.717, 1.165) is 18.1 Å². The van der Waals surface area contributed by atoms with E-state index in [9.17, 15) is 4.79 Å². The van der Waals surface area contributed by atoms with E-state index in [2.05, 4.69) is 9.88 Å². The summed E-state index contributed by atoms with van der Waals surface area (Å²) in [6.07, 6.45) is 1.69. The van der Waals surface area contributed by atoms with E-state index in [-0.39, 0.29) is 6.09 Å². The highest BCUT2D eigenvalue weighted by atomic mass is 32.1. The highest BCUT2D eigenvalue weighted by molar-refractivity contribution is 7.15. The molecule has 1 fully saturated rings. The maximum absolute atomic E-state index is 11.9. The van der Waals surface area contributed by atoms with Crippen LogP contribution in [0.5, 0.6) is 0 Å². The zero-order valence-corrected chi connectivity index (χ0v) is 12.8. The van der Waals surface area contributed by atoms with E-state index in [0.29, 0.717) is 13.1 Å². The minimum Gasteiger partial charge on any atom is -0.444 e. The van der Waals surface area contributed by atoms with Gasteiger partial charge in [-0.05, 0) is 27.7 Å². The number of rotatable bonds is 1. The third-order valence-electron chi connectivity index (χ3n) is 2.85. The van der Waals surface area contributed by atoms with Gasteiger partial charge in [0.25, 0.3) is 0 Å². The highest BCUT2D eigenvalue weighted by Gasteiger charge is 2.26. The lowest BCUT2D eigenvalue weighted by Crippen LogP contribution is -2.49. The lowest BCUT2D eigenvalue weighted by molar-refractivity contribution is 0.0241. The molecule has 19 heavy (non-hydrogen) atoms. The molecule has 5 nitrogen and oxygen atoms in total. The number of carbonyl (C=O) groups is 1. The molecule has 1 amide bonds. The molecule has 2 rings (SSSR count). The van der Waals surface area contributed by atoms with Crippen LogP contribution in [0.25, 0.3) is 0 Å².